The minimum Gasteiger partial charge on any atom is -0.494 e. The Bertz CT molecular complexity index is 368. The molecule has 3 nitrogen and oxygen atoms in total. The third kappa shape index (κ3) is 3.84. The van der Waals surface area contributed by atoms with Crippen LogP contribution in [0.15, 0.2) is 30.9 Å². The van der Waals surface area contributed by atoms with Gasteiger partial charge in [-0.15, -0.1) is 6.58 Å². The highest BCUT2D eigenvalue weighted by Crippen LogP contribution is 2.21. The van der Waals surface area contributed by atoms with Gasteiger partial charge >= 0.3 is 0 Å². The van der Waals surface area contributed by atoms with E-state index in [1.165, 1.54) is 13.2 Å². The zero-order valence-corrected chi connectivity index (χ0v) is 10.1. The quantitative estimate of drug-likeness (QED) is 0.564. The van der Waals surface area contributed by atoms with E-state index < -0.39 is 0 Å². The molecule has 0 spiro atoms. The minimum absolute atomic E-state index is 0.0460. The van der Waals surface area contributed by atoms with Crippen molar-refractivity contribution in [2.75, 3.05) is 20.2 Å². The fraction of sp³-hybridized carbons (Fsp3) is 0.385. The average Bonchev–Trinajstić information content (AvgIpc) is 2.35. The summed E-state index contributed by atoms with van der Waals surface area (Å²) in [4.78, 5) is 0. The molecule has 1 aromatic rings. The van der Waals surface area contributed by atoms with Gasteiger partial charge in [-0.05, 0) is 30.7 Å². The highest BCUT2D eigenvalue weighted by molar-refractivity contribution is 5.31. The molecule has 0 amide bonds. The van der Waals surface area contributed by atoms with Gasteiger partial charge in [0.2, 0.25) is 0 Å². The third-order valence-corrected chi connectivity index (χ3v) is 2.55. The van der Waals surface area contributed by atoms with Crippen molar-refractivity contribution in [2.24, 2.45) is 5.73 Å². The smallest absolute Gasteiger partial charge is 0.165 e. The number of hydrogen-bond acceptors (Lipinski definition) is 3. The van der Waals surface area contributed by atoms with Crippen LogP contribution in [0.3, 0.4) is 0 Å². The molecule has 0 aliphatic heterocycles. The van der Waals surface area contributed by atoms with Crippen LogP contribution in [0.2, 0.25) is 0 Å². The first-order chi connectivity index (χ1) is 8.22. The Kier molecular flexibility index (Phi) is 5.66. The van der Waals surface area contributed by atoms with Crippen LogP contribution in [0.5, 0.6) is 5.75 Å². The average molecular weight is 238 g/mol. The fourth-order valence-corrected chi connectivity index (χ4v) is 1.60. The number of nitrogens with two attached hydrogens (primary N) is 1. The predicted molar refractivity (Wildman–Crippen MR) is 67.6 cm³/mol. The molecule has 3 N–H and O–H groups in total. The number of ether oxygens (including phenoxy) is 1. The van der Waals surface area contributed by atoms with Gasteiger partial charge < -0.3 is 15.8 Å². The zero-order chi connectivity index (χ0) is 12.7. The summed E-state index contributed by atoms with van der Waals surface area (Å²) in [5, 5.41) is 3.25. The second-order valence-electron chi connectivity index (χ2n) is 3.71. The Labute approximate surface area is 101 Å². The molecule has 1 atom stereocenters. The number of methoxy groups -OCH3 is 1. The zero-order valence-electron chi connectivity index (χ0n) is 10.1. The van der Waals surface area contributed by atoms with Gasteiger partial charge in [0.15, 0.2) is 11.6 Å². The molecule has 17 heavy (non-hydrogen) atoms. The molecule has 1 aromatic carbocycles. The van der Waals surface area contributed by atoms with Gasteiger partial charge in [0.05, 0.1) is 7.11 Å². The van der Waals surface area contributed by atoms with Crippen molar-refractivity contribution in [1.82, 2.24) is 5.32 Å². The summed E-state index contributed by atoms with van der Waals surface area (Å²) in [6.07, 6.45) is 2.68. The standard InChI is InChI=1S/C13H19FN2O/c1-3-4-7-16-12(9-15)10-5-6-13(17-2)11(14)8-10/h3,5-6,8,12,16H,1,4,7,9,15H2,2H3. The lowest BCUT2D eigenvalue weighted by atomic mass is 10.1. The second kappa shape index (κ2) is 7.04. The molecule has 0 saturated carbocycles. The van der Waals surface area contributed by atoms with Crippen LogP contribution in [0, 0.1) is 5.82 Å². The lowest BCUT2D eigenvalue weighted by molar-refractivity contribution is 0.385. The molecule has 1 unspecified atom stereocenters. The monoisotopic (exact) mass is 238 g/mol. The van der Waals surface area contributed by atoms with E-state index in [1.54, 1.807) is 6.07 Å². The maximum Gasteiger partial charge on any atom is 0.165 e. The van der Waals surface area contributed by atoms with Crippen molar-refractivity contribution in [3.8, 4) is 5.75 Å². The van der Waals surface area contributed by atoms with Crippen molar-refractivity contribution >= 4 is 0 Å². The number of hydrogen-bond donors (Lipinski definition) is 2. The van der Waals surface area contributed by atoms with Crippen LogP contribution in [-0.2, 0) is 0 Å². The van der Waals surface area contributed by atoms with E-state index in [0.717, 1.165) is 18.5 Å². The van der Waals surface area contributed by atoms with E-state index in [0.29, 0.717) is 6.54 Å². The Morgan fingerprint density at radius 2 is 2.35 bits per heavy atom. The summed E-state index contributed by atoms with van der Waals surface area (Å²) in [5.74, 6) is -0.121. The lowest BCUT2D eigenvalue weighted by Crippen LogP contribution is -2.28. The number of rotatable bonds is 7. The van der Waals surface area contributed by atoms with Crippen molar-refractivity contribution < 1.29 is 9.13 Å². The molecule has 1 rings (SSSR count). The Hall–Kier alpha value is -1.39. The lowest BCUT2D eigenvalue weighted by Gasteiger charge is -2.17. The largest absolute Gasteiger partial charge is 0.494 e. The summed E-state index contributed by atoms with van der Waals surface area (Å²) in [5.41, 5.74) is 6.49. The first-order valence-electron chi connectivity index (χ1n) is 5.60. The van der Waals surface area contributed by atoms with Crippen molar-refractivity contribution in [3.63, 3.8) is 0 Å². The van der Waals surface area contributed by atoms with Crippen LogP contribution in [0.4, 0.5) is 4.39 Å². The maximum atomic E-state index is 13.5. The van der Waals surface area contributed by atoms with Gasteiger partial charge in [0, 0.05) is 12.6 Å². The van der Waals surface area contributed by atoms with Crippen LogP contribution in [-0.4, -0.2) is 20.2 Å². The molecular weight excluding hydrogens is 219 g/mol. The number of halogens is 1. The minimum atomic E-state index is -0.367. The molecule has 0 aromatic heterocycles. The first kappa shape index (κ1) is 13.7. The summed E-state index contributed by atoms with van der Waals surface area (Å²) >= 11 is 0. The summed E-state index contributed by atoms with van der Waals surface area (Å²) in [6, 6.07) is 4.84. The van der Waals surface area contributed by atoms with Crippen LogP contribution in [0.1, 0.15) is 18.0 Å². The van der Waals surface area contributed by atoms with E-state index in [-0.39, 0.29) is 17.6 Å². The number of benzene rings is 1. The molecule has 0 aliphatic rings. The predicted octanol–water partition coefficient (Wildman–Crippen LogP) is 2.00. The molecule has 0 radical (unpaired) electrons. The van der Waals surface area contributed by atoms with Crippen LogP contribution in [0.25, 0.3) is 0 Å². The van der Waals surface area contributed by atoms with Gasteiger partial charge in [-0.25, -0.2) is 4.39 Å². The molecule has 0 saturated heterocycles. The topological polar surface area (TPSA) is 47.3 Å². The van der Waals surface area contributed by atoms with Gasteiger partial charge in [0.1, 0.15) is 0 Å². The highest BCUT2D eigenvalue weighted by Gasteiger charge is 2.11. The van der Waals surface area contributed by atoms with E-state index in [4.69, 9.17) is 10.5 Å². The van der Waals surface area contributed by atoms with Crippen molar-refractivity contribution in [2.45, 2.75) is 12.5 Å². The fourth-order valence-electron chi connectivity index (χ4n) is 1.60. The van der Waals surface area contributed by atoms with Crippen molar-refractivity contribution in [1.29, 1.82) is 0 Å². The van der Waals surface area contributed by atoms with E-state index >= 15 is 0 Å². The van der Waals surface area contributed by atoms with E-state index in [2.05, 4.69) is 11.9 Å². The van der Waals surface area contributed by atoms with E-state index in [1.807, 2.05) is 12.1 Å². The third-order valence-electron chi connectivity index (χ3n) is 2.55. The first-order valence-corrected chi connectivity index (χ1v) is 5.60. The maximum absolute atomic E-state index is 13.5. The number of nitrogens with one attached hydrogen (secondary N) is 1. The molecule has 94 valence electrons. The van der Waals surface area contributed by atoms with Crippen LogP contribution >= 0.6 is 0 Å². The van der Waals surface area contributed by atoms with Gasteiger partial charge in [-0.2, -0.15) is 0 Å². The second-order valence-corrected chi connectivity index (χ2v) is 3.71. The molecule has 0 heterocycles. The van der Waals surface area contributed by atoms with Gasteiger partial charge in [0.25, 0.3) is 0 Å². The Balaban J connectivity index is 2.74. The molecule has 0 bridgehead atoms. The normalized spacial score (nSPS) is 12.2. The Morgan fingerprint density at radius 1 is 1.59 bits per heavy atom. The molecule has 0 aliphatic carbocycles. The molecule has 4 heteroatoms. The SMILES string of the molecule is C=CCCNC(CN)c1ccc(OC)c(F)c1. The van der Waals surface area contributed by atoms with Crippen molar-refractivity contribution in [3.05, 3.63) is 42.2 Å². The van der Waals surface area contributed by atoms with Crippen LogP contribution < -0.4 is 15.8 Å². The van der Waals surface area contributed by atoms with Gasteiger partial charge in [-0.1, -0.05) is 12.1 Å². The molecule has 0 fully saturated rings. The molecular formula is C13H19FN2O. The summed E-state index contributed by atoms with van der Waals surface area (Å²) in [7, 11) is 1.45. The highest BCUT2D eigenvalue weighted by atomic mass is 19.1. The summed E-state index contributed by atoms with van der Waals surface area (Å²) in [6.45, 7) is 4.84. The Morgan fingerprint density at radius 3 is 2.88 bits per heavy atom. The van der Waals surface area contributed by atoms with Gasteiger partial charge in [-0.3, -0.25) is 0 Å². The van der Waals surface area contributed by atoms with E-state index in [9.17, 15) is 4.39 Å². The summed E-state index contributed by atoms with van der Waals surface area (Å²) < 4.78 is 18.4.